The fourth-order valence-electron chi connectivity index (χ4n) is 9.44. The van der Waals surface area contributed by atoms with Crippen LogP contribution in [0, 0.1) is 39.7 Å². The minimum atomic E-state index is -5.17. The highest BCUT2D eigenvalue weighted by molar-refractivity contribution is 6.06. The molecule has 3 aromatic rings. The summed E-state index contributed by atoms with van der Waals surface area (Å²) in [6.07, 6.45) is -7.58. The van der Waals surface area contributed by atoms with Gasteiger partial charge < -0.3 is 41.4 Å². The molecule has 2 unspecified atom stereocenters. The van der Waals surface area contributed by atoms with Crippen LogP contribution in [0.1, 0.15) is 82.2 Å². The van der Waals surface area contributed by atoms with E-state index in [2.05, 4.69) is 37.4 Å². The lowest BCUT2D eigenvalue weighted by Gasteiger charge is -2.47. The van der Waals surface area contributed by atoms with E-state index in [0.717, 1.165) is 64.9 Å². The lowest BCUT2D eigenvalue weighted by atomic mass is 9.82. The average Bonchev–Trinajstić information content (AvgIpc) is 3.70. The van der Waals surface area contributed by atoms with Crippen LogP contribution in [0.15, 0.2) is 67.0 Å². The van der Waals surface area contributed by atoms with Crippen LogP contribution in [-0.2, 0) is 36.9 Å². The molecule has 3 aliphatic heterocycles. The predicted octanol–water partition coefficient (Wildman–Crippen LogP) is 5.61. The van der Waals surface area contributed by atoms with Crippen molar-refractivity contribution in [2.24, 2.45) is 10.8 Å². The topological polar surface area (TPSA) is 204 Å². The summed E-state index contributed by atoms with van der Waals surface area (Å²) in [5.41, 5.74) is -4.65. The minimum absolute atomic E-state index is 0.298. The predicted molar refractivity (Wildman–Crippen MR) is 269 cm³/mol. The number of ether oxygens (including phenoxy) is 1. The van der Waals surface area contributed by atoms with Gasteiger partial charge in [-0.25, -0.2) is 18.8 Å². The van der Waals surface area contributed by atoms with E-state index in [9.17, 15) is 59.4 Å². The van der Waals surface area contributed by atoms with Crippen LogP contribution < -0.4 is 31.6 Å². The number of carbonyl (C=O) groups is 4. The third-order valence-corrected chi connectivity index (χ3v) is 14.3. The summed E-state index contributed by atoms with van der Waals surface area (Å²) in [6.45, 7) is 2.03. The van der Waals surface area contributed by atoms with Crippen LogP contribution in [0.25, 0.3) is 0 Å². The molecule has 4 amide bonds. The lowest BCUT2D eigenvalue weighted by molar-refractivity contribution is -0.222. The number of halogens is 10. The summed E-state index contributed by atoms with van der Waals surface area (Å²) in [7, 11) is 0. The van der Waals surface area contributed by atoms with Gasteiger partial charge in [0.1, 0.15) is 29.5 Å². The Morgan fingerprint density at radius 1 is 0.810 bits per heavy atom. The molecule has 16 nitrogen and oxygen atoms in total. The Bertz CT molecular complexity index is 2740. The molecular formula is C53H62F10N10O6. The number of hydrogen-bond donors (Lipinski definition) is 7. The number of aromatic nitrogens is 1. The zero-order chi connectivity index (χ0) is 58.4. The Labute approximate surface area is 449 Å². The van der Waals surface area contributed by atoms with Gasteiger partial charge in [0.05, 0.1) is 47.9 Å². The summed E-state index contributed by atoms with van der Waals surface area (Å²) < 4.78 is 149. The maximum absolute atomic E-state index is 15.9. The zero-order valence-corrected chi connectivity index (χ0v) is 43.9. The molecule has 0 aliphatic carbocycles. The van der Waals surface area contributed by atoms with Crippen molar-refractivity contribution in [1.29, 1.82) is 5.41 Å². The van der Waals surface area contributed by atoms with Gasteiger partial charge in [0.2, 0.25) is 17.7 Å². The highest BCUT2D eigenvalue weighted by atomic mass is 19.4. The van der Waals surface area contributed by atoms with Crippen molar-refractivity contribution in [2.75, 3.05) is 37.7 Å². The second kappa shape index (κ2) is 25.1. The van der Waals surface area contributed by atoms with Crippen molar-refractivity contribution < 1.29 is 72.9 Å². The first-order valence-corrected chi connectivity index (χ1v) is 25.0. The second-order valence-electron chi connectivity index (χ2n) is 20.9. The molecule has 3 saturated heterocycles. The van der Waals surface area contributed by atoms with Crippen LogP contribution in [0.5, 0.6) is 0 Å². The van der Waals surface area contributed by atoms with Crippen molar-refractivity contribution in [3.8, 4) is 11.8 Å². The van der Waals surface area contributed by atoms with Crippen LogP contribution in [0.2, 0.25) is 0 Å². The van der Waals surface area contributed by atoms with E-state index in [0.29, 0.717) is 85.9 Å². The number of allylic oxidation sites excluding steroid dienone is 1. The number of carbonyl (C=O) groups excluding carboxylic acids is 4. The third kappa shape index (κ3) is 15.3. The maximum atomic E-state index is 15.9. The number of piperazine rings is 1. The first-order valence-electron chi connectivity index (χ1n) is 25.0. The molecule has 1 aromatic heterocycles. The number of amides is 4. The Morgan fingerprint density at radius 2 is 1.34 bits per heavy atom. The molecule has 0 spiro atoms. The largest absolute Gasteiger partial charge is 0.396 e. The number of hydrazine groups is 1. The van der Waals surface area contributed by atoms with E-state index < -0.39 is 126 Å². The quantitative estimate of drug-likeness (QED) is 0.0230. The summed E-state index contributed by atoms with van der Waals surface area (Å²) >= 11 is 0. The Morgan fingerprint density at radius 3 is 1.82 bits per heavy atom. The number of pyridine rings is 1. The van der Waals surface area contributed by atoms with Gasteiger partial charge in [-0.05, 0) is 95.0 Å². The average molecular weight is 1130 g/mol. The molecule has 26 heteroatoms. The number of aliphatic hydroxyl groups is 1. The molecule has 4 heterocycles. The van der Waals surface area contributed by atoms with Crippen LogP contribution in [-0.4, -0.2) is 143 Å². The molecule has 79 heavy (non-hydrogen) atoms. The monoisotopic (exact) mass is 1120 g/mol. The van der Waals surface area contributed by atoms with E-state index in [4.69, 9.17) is 10.1 Å². The van der Waals surface area contributed by atoms with Gasteiger partial charge in [0, 0.05) is 86.8 Å². The SMILES string of the molecule is CC(=O)N[C@H](C(=O)N[C@@H](Cc1ccc(C#Cc2ccc(N3CC4CCC(C3)N4C3COC3)nc2)cc1)[C@@H](O)CN(Cc1c(F)cc(C(=N)/C=C\NC(F)F)cc1F)NC(=O)[C@@H](NC(C)=O)C(C)(C)C(F)(F)F)C(C)(C)C(F)(F)F. The number of nitrogens with one attached hydrogen (secondary N) is 6. The smallest absolute Gasteiger partial charge is 0.390 e. The van der Waals surface area contributed by atoms with E-state index in [1.165, 1.54) is 12.1 Å². The molecule has 6 rings (SSSR count). The van der Waals surface area contributed by atoms with Crippen molar-refractivity contribution in [2.45, 2.75) is 129 Å². The normalized spacial score (nSPS) is 18.7. The molecule has 2 bridgehead atoms. The number of aliphatic hydroxyl groups excluding tert-OH is 1. The van der Waals surface area contributed by atoms with Gasteiger partial charge in [0.15, 0.2) is 0 Å². The molecular weight excluding hydrogens is 1060 g/mol. The molecule has 2 aromatic carbocycles. The van der Waals surface area contributed by atoms with Crippen LogP contribution in [0.3, 0.4) is 0 Å². The highest BCUT2D eigenvalue weighted by Crippen LogP contribution is 2.42. The van der Waals surface area contributed by atoms with Crippen molar-refractivity contribution >= 4 is 35.2 Å². The number of nitrogens with zero attached hydrogens (tertiary/aromatic N) is 4. The summed E-state index contributed by atoms with van der Waals surface area (Å²) in [6, 6.07) is 5.85. The molecule has 7 N–H and O–H groups in total. The fraction of sp³-hybridized carbons (Fsp3) is 0.509. The van der Waals surface area contributed by atoms with Crippen molar-refractivity contribution in [3.05, 3.63) is 106 Å². The van der Waals surface area contributed by atoms with Gasteiger partial charge in [-0.3, -0.25) is 29.5 Å². The standard InChI is InChI=1S/C53H62F10N10O6/c1-29(74)67-45(50(3,4)52(58,59)60)47(77)69-42(19-32-10-7-31(8-11-32)9-12-33-13-16-44(66-22-33)71-23-35-14-15-36(24-71)73(35)37-27-79-28-37)43(76)26-72(70-48(78)46(68-30(2)75)51(5,6)53(61,62)63)25-38-39(54)20-34(21-40(38)55)41(64)17-18-65-49(56)57/h7-8,10-11,13,16-18,20-22,35-37,42-43,45-46,49,64-65,76H,14-15,19,23-28H2,1-6H3,(H,67,74)(H,68,75)(H,69,77)(H,70,78)/b18-17-,64-41?/t35?,36?,42-,43-,45+,46+/m0/s1. The number of alkyl halides is 8. The third-order valence-electron chi connectivity index (χ3n) is 14.3. The van der Waals surface area contributed by atoms with Crippen molar-refractivity contribution in [3.63, 3.8) is 0 Å². The Kier molecular flexibility index (Phi) is 19.5. The number of hydrogen-bond acceptors (Lipinski definition) is 12. The first-order chi connectivity index (χ1) is 36.9. The number of benzene rings is 2. The molecule has 3 aliphatic rings. The van der Waals surface area contributed by atoms with Gasteiger partial charge >= 0.3 is 18.9 Å². The lowest BCUT2D eigenvalue weighted by Crippen LogP contribution is -2.63. The molecule has 0 saturated carbocycles. The molecule has 6 atom stereocenters. The minimum Gasteiger partial charge on any atom is -0.390 e. The summed E-state index contributed by atoms with van der Waals surface area (Å²) in [4.78, 5) is 61.9. The second-order valence-corrected chi connectivity index (χ2v) is 20.9. The van der Waals surface area contributed by atoms with Crippen LogP contribution >= 0.6 is 0 Å². The fourth-order valence-corrected chi connectivity index (χ4v) is 9.44. The highest BCUT2D eigenvalue weighted by Gasteiger charge is 2.57. The van der Waals surface area contributed by atoms with Gasteiger partial charge in [-0.2, -0.15) is 35.1 Å². The summed E-state index contributed by atoms with van der Waals surface area (Å²) in [5, 5.41) is 28.4. The number of rotatable bonds is 21. The summed E-state index contributed by atoms with van der Waals surface area (Å²) in [5.74, 6) is -1.25. The van der Waals surface area contributed by atoms with Crippen molar-refractivity contribution in [1.82, 2.24) is 41.6 Å². The van der Waals surface area contributed by atoms with Gasteiger partial charge in [-0.1, -0.05) is 24.0 Å². The van der Waals surface area contributed by atoms with E-state index in [1.54, 1.807) is 23.6 Å². The Balaban J connectivity index is 1.29. The van der Waals surface area contributed by atoms with E-state index in [1.807, 2.05) is 22.8 Å². The number of anilines is 1. The van der Waals surface area contributed by atoms with Gasteiger partial charge in [-0.15, -0.1) is 0 Å². The Hall–Kier alpha value is -6.82. The molecule has 3 fully saturated rings. The number of fused-ring (bicyclic) bond motifs is 2. The van der Waals surface area contributed by atoms with E-state index >= 15 is 8.78 Å². The zero-order valence-electron chi connectivity index (χ0n) is 43.9. The maximum Gasteiger partial charge on any atom is 0.396 e. The first kappa shape index (κ1) is 61.4. The molecule has 430 valence electrons. The van der Waals surface area contributed by atoms with E-state index in [-0.39, 0.29) is 0 Å². The van der Waals surface area contributed by atoms with Gasteiger partial charge in [0.25, 0.3) is 5.91 Å². The molecule has 0 radical (unpaired) electrons. The van der Waals surface area contributed by atoms with Crippen LogP contribution in [0.4, 0.5) is 49.7 Å².